The van der Waals surface area contributed by atoms with E-state index in [0.717, 1.165) is 24.6 Å². The van der Waals surface area contributed by atoms with Crippen molar-refractivity contribution in [1.29, 1.82) is 0 Å². The van der Waals surface area contributed by atoms with Gasteiger partial charge in [-0.2, -0.15) is 0 Å². The van der Waals surface area contributed by atoms with E-state index in [1.165, 1.54) is 23.4 Å². The topological polar surface area (TPSA) is 45.2 Å². The predicted octanol–water partition coefficient (Wildman–Crippen LogP) is 4.07. The van der Waals surface area contributed by atoms with Crippen molar-refractivity contribution in [1.82, 2.24) is 10.3 Å². The second-order valence-corrected chi connectivity index (χ2v) is 7.74. The van der Waals surface area contributed by atoms with Crippen molar-refractivity contribution in [2.24, 2.45) is 5.92 Å². The minimum Gasteiger partial charge on any atom is -0.312 e. The van der Waals surface area contributed by atoms with E-state index < -0.39 is 0 Å². The van der Waals surface area contributed by atoms with Crippen molar-refractivity contribution in [2.75, 3.05) is 11.4 Å². The highest BCUT2D eigenvalue weighted by molar-refractivity contribution is 7.09. The number of hydrogen-bond donors (Lipinski definition) is 1. The molecule has 1 aliphatic carbocycles. The predicted molar refractivity (Wildman–Crippen MR) is 97.2 cm³/mol. The van der Waals surface area contributed by atoms with Gasteiger partial charge in [0, 0.05) is 36.3 Å². The Kier molecular flexibility index (Phi) is 4.37. The number of benzene rings is 1. The second kappa shape index (κ2) is 6.65. The molecule has 0 radical (unpaired) electrons. The van der Waals surface area contributed by atoms with E-state index >= 15 is 0 Å². The summed E-state index contributed by atoms with van der Waals surface area (Å²) in [6.07, 6.45) is 6.12. The molecule has 1 N–H and O–H groups in total. The molecule has 1 saturated heterocycles. The fraction of sp³-hybridized carbons (Fsp3) is 0.474. The van der Waals surface area contributed by atoms with Crippen LogP contribution >= 0.6 is 11.3 Å². The maximum Gasteiger partial charge on any atom is 0.227 e. The fourth-order valence-electron chi connectivity index (χ4n) is 3.46. The highest BCUT2D eigenvalue weighted by atomic mass is 32.1. The van der Waals surface area contributed by atoms with Crippen molar-refractivity contribution in [3.8, 4) is 0 Å². The molecule has 0 bridgehead atoms. The van der Waals surface area contributed by atoms with E-state index in [1.54, 1.807) is 11.3 Å². The highest BCUT2D eigenvalue weighted by Crippen LogP contribution is 2.42. The van der Waals surface area contributed by atoms with Gasteiger partial charge in [-0.3, -0.25) is 4.79 Å². The lowest BCUT2D eigenvalue weighted by Crippen LogP contribution is -2.26. The van der Waals surface area contributed by atoms with E-state index in [1.807, 2.05) is 11.1 Å². The Hall–Kier alpha value is -1.72. The van der Waals surface area contributed by atoms with Gasteiger partial charge in [0.05, 0.1) is 6.04 Å². The van der Waals surface area contributed by atoms with Crippen LogP contribution in [-0.4, -0.2) is 17.4 Å². The Bertz CT molecular complexity index is 694. The first-order chi connectivity index (χ1) is 11.7. The van der Waals surface area contributed by atoms with Crippen LogP contribution < -0.4 is 10.2 Å². The third-order valence-electron chi connectivity index (χ3n) is 5.02. The number of amides is 1. The van der Waals surface area contributed by atoms with Crippen LogP contribution in [0.25, 0.3) is 0 Å². The lowest BCUT2D eigenvalue weighted by molar-refractivity contribution is -0.117. The van der Waals surface area contributed by atoms with E-state index in [0.29, 0.717) is 12.5 Å². The Labute approximate surface area is 146 Å². The smallest absolute Gasteiger partial charge is 0.227 e. The Balaban J connectivity index is 1.46. The average Bonchev–Trinajstić information content (AvgIpc) is 3.11. The summed E-state index contributed by atoms with van der Waals surface area (Å²) in [5.41, 5.74) is 2.28. The normalized spacial score (nSPS) is 20.4. The maximum atomic E-state index is 11.9. The summed E-state index contributed by atoms with van der Waals surface area (Å²) < 4.78 is 0. The molecule has 2 heterocycles. The number of hydrogen-bond acceptors (Lipinski definition) is 4. The van der Waals surface area contributed by atoms with E-state index in [-0.39, 0.29) is 11.9 Å². The Morgan fingerprint density at radius 2 is 2.08 bits per heavy atom. The van der Waals surface area contributed by atoms with Crippen LogP contribution in [0, 0.1) is 5.92 Å². The molecule has 1 aromatic heterocycles. The molecule has 1 aliphatic heterocycles. The standard InChI is InChI=1S/C19H23N3OS/c1-13(21-18(15-4-5-15)19-20-10-12-24-19)14-6-8-16(9-7-14)22-11-2-3-17(22)23/h6-10,12-13,15,18,21H,2-5,11H2,1H3/t13-,18+/m0/s1. The number of rotatable bonds is 6. The largest absolute Gasteiger partial charge is 0.312 e. The van der Waals surface area contributed by atoms with E-state index in [2.05, 4.69) is 46.9 Å². The van der Waals surface area contributed by atoms with Crippen molar-refractivity contribution in [2.45, 2.75) is 44.7 Å². The number of carbonyl (C=O) groups excluding carboxylic acids is 1. The van der Waals surface area contributed by atoms with Crippen molar-refractivity contribution in [3.05, 3.63) is 46.4 Å². The van der Waals surface area contributed by atoms with Crippen LogP contribution in [0.1, 0.15) is 55.3 Å². The maximum absolute atomic E-state index is 11.9. The molecule has 4 nitrogen and oxygen atoms in total. The molecule has 126 valence electrons. The number of carbonyl (C=O) groups is 1. The molecule has 5 heteroatoms. The fourth-order valence-corrected chi connectivity index (χ4v) is 4.25. The molecule has 2 aromatic rings. The van der Waals surface area contributed by atoms with Gasteiger partial charge in [0.15, 0.2) is 0 Å². The highest BCUT2D eigenvalue weighted by Gasteiger charge is 2.34. The zero-order valence-corrected chi connectivity index (χ0v) is 14.8. The van der Waals surface area contributed by atoms with Gasteiger partial charge >= 0.3 is 0 Å². The molecule has 4 rings (SSSR count). The molecular weight excluding hydrogens is 318 g/mol. The monoisotopic (exact) mass is 341 g/mol. The first-order valence-corrected chi connectivity index (χ1v) is 9.66. The van der Waals surface area contributed by atoms with Gasteiger partial charge in [-0.1, -0.05) is 12.1 Å². The molecule has 2 atom stereocenters. The van der Waals surface area contributed by atoms with Crippen LogP contribution in [0.4, 0.5) is 5.69 Å². The first kappa shape index (κ1) is 15.8. The molecule has 1 saturated carbocycles. The molecule has 1 amide bonds. The van der Waals surface area contributed by atoms with Crippen LogP contribution in [0.15, 0.2) is 35.8 Å². The minimum absolute atomic E-state index is 0.242. The second-order valence-electron chi connectivity index (χ2n) is 6.81. The summed E-state index contributed by atoms with van der Waals surface area (Å²) in [6, 6.07) is 9.07. The van der Waals surface area contributed by atoms with Crippen LogP contribution in [0.3, 0.4) is 0 Å². The summed E-state index contributed by atoms with van der Waals surface area (Å²) >= 11 is 1.74. The molecule has 0 unspecified atom stereocenters. The Morgan fingerprint density at radius 3 is 2.67 bits per heavy atom. The summed E-state index contributed by atoms with van der Waals surface area (Å²) in [5.74, 6) is 0.964. The van der Waals surface area contributed by atoms with Gasteiger partial charge in [0.1, 0.15) is 5.01 Å². The van der Waals surface area contributed by atoms with Gasteiger partial charge < -0.3 is 10.2 Å². The lowest BCUT2D eigenvalue weighted by atomic mass is 10.1. The van der Waals surface area contributed by atoms with E-state index in [9.17, 15) is 4.79 Å². The number of thiazole rings is 1. The van der Waals surface area contributed by atoms with Gasteiger partial charge in [0.25, 0.3) is 0 Å². The lowest BCUT2D eigenvalue weighted by Gasteiger charge is -2.23. The van der Waals surface area contributed by atoms with Gasteiger partial charge in [-0.15, -0.1) is 11.3 Å². The summed E-state index contributed by atoms with van der Waals surface area (Å²) in [6.45, 7) is 3.05. The molecule has 1 aromatic carbocycles. The van der Waals surface area contributed by atoms with Crippen LogP contribution in [0.5, 0.6) is 0 Å². The zero-order valence-electron chi connectivity index (χ0n) is 13.9. The summed E-state index contributed by atoms with van der Waals surface area (Å²) in [5, 5.41) is 7.02. The molecular formula is C19H23N3OS. The van der Waals surface area contributed by atoms with E-state index in [4.69, 9.17) is 0 Å². The third-order valence-corrected chi connectivity index (χ3v) is 5.88. The molecule has 0 spiro atoms. The Morgan fingerprint density at radius 1 is 1.29 bits per heavy atom. The summed E-state index contributed by atoms with van der Waals surface area (Å²) in [7, 11) is 0. The number of anilines is 1. The number of aromatic nitrogens is 1. The summed E-state index contributed by atoms with van der Waals surface area (Å²) in [4.78, 5) is 18.3. The molecule has 2 aliphatic rings. The molecule has 2 fully saturated rings. The van der Waals surface area contributed by atoms with Gasteiger partial charge in [-0.05, 0) is 49.8 Å². The minimum atomic E-state index is 0.242. The average molecular weight is 341 g/mol. The zero-order chi connectivity index (χ0) is 16.5. The third kappa shape index (κ3) is 3.23. The van der Waals surface area contributed by atoms with Gasteiger partial charge in [-0.25, -0.2) is 4.98 Å². The quantitative estimate of drug-likeness (QED) is 0.861. The molecule has 24 heavy (non-hydrogen) atoms. The van der Waals surface area contributed by atoms with Crippen molar-refractivity contribution in [3.63, 3.8) is 0 Å². The van der Waals surface area contributed by atoms with Crippen molar-refractivity contribution < 1.29 is 4.79 Å². The SMILES string of the molecule is C[C@H](N[C@@H](c1nccs1)C1CC1)c1ccc(N2CCCC2=O)cc1. The van der Waals surface area contributed by atoms with Crippen molar-refractivity contribution >= 4 is 22.9 Å². The number of nitrogens with one attached hydrogen (secondary N) is 1. The number of nitrogens with zero attached hydrogens (tertiary/aromatic N) is 2. The first-order valence-electron chi connectivity index (χ1n) is 8.78. The van der Waals surface area contributed by atoms with Crippen LogP contribution in [-0.2, 0) is 4.79 Å². The van der Waals surface area contributed by atoms with Gasteiger partial charge in [0.2, 0.25) is 5.91 Å². The van der Waals surface area contributed by atoms with Crippen LogP contribution in [0.2, 0.25) is 0 Å².